The fraction of sp³-hybridized carbons (Fsp3) is 0.556. The van der Waals surface area contributed by atoms with Crippen LogP contribution < -0.4 is 0 Å². The van der Waals surface area contributed by atoms with Crippen LogP contribution in [-0.2, 0) is 15.0 Å². The SMILES string of the molecule is CC(C)(C(=O)N1C[C@H](C(=O)O)[C@@H](C2CC2)C1)c1ccccc1. The molecular weight excluding hydrogens is 278 g/mol. The van der Waals surface area contributed by atoms with E-state index in [1.807, 2.05) is 44.2 Å². The van der Waals surface area contributed by atoms with Gasteiger partial charge in [0.1, 0.15) is 0 Å². The summed E-state index contributed by atoms with van der Waals surface area (Å²) in [6.07, 6.45) is 2.22. The summed E-state index contributed by atoms with van der Waals surface area (Å²) in [5, 5.41) is 9.44. The summed E-state index contributed by atoms with van der Waals surface area (Å²) in [7, 11) is 0. The van der Waals surface area contributed by atoms with Crippen molar-refractivity contribution in [3.8, 4) is 0 Å². The van der Waals surface area contributed by atoms with Gasteiger partial charge in [-0.1, -0.05) is 30.3 Å². The van der Waals surface area contributed by atoms with Gasteiger partial charge in [-0.15, -0.1) is 0 Å². The van der Waals surface area contributed by atoms with Crippen LogP contribution in [0.5, 0.6) is 0 Å². The van der Waals surface area contributed by atoms with Gasteiger partial charge < -0.3 is 10.0 Å². The molecule has 1 aromatic carbocycles. The fourth-order valence-corrected chi connectivity index (χ4v) is 3.63. The highest BCUT2D eigenvalue weighted by atomic mass is 16.4. The Hall–Kier alpha value is -1.84. The third kappa shape index (κ3) is 2.62. The number of likely N-dealkylation sites (tertiary alicyclic amines) is 1. The average molecular weight is 301 g/mol. The highest BCUT2D eigenvalue weighted by Gasteiger charge is 2.48. The van der Waals surface area contributed by atoms with Crippen molar-refractivity contribution in [1.82, 2.24) is 4.90 Å². The number of carboxylic acid groups (broad SMARTS) is 1. The molecule has 118 valence electrons. The van der Waals surface area contributed by atoms with E-state index < -0.39 is 17.3 Å². The van der Waals surface area contributed by atoms with Crippen LogP contribution in [0.25, 0.3) is 0 Å². The van der Waals surface area contributed by atoms with Gasteiger partial charge in [0.05, 0.1) is 11.3 Å². The zero-order valence-corrected chi connectivity index (χ0v) is 13.2. The second-order valence-corrected chi connectivity index (χ2v) is 7.15. The number of aliphatic carboxylic acids is 1. The van der Waals surface area contributed by atoms with Crippen LogP contribution in [0.15, 0.2) is 30.3 Å². The molecule has 0 unspecified atom stereocenters. The number of amides is 1. The van der Waals surface area contributed by atoms with Crippen molar-refractivity contribution in [3.63, 3.8) is 0 Å². The largest absolute Gasteiger partial charge is 0.481 e. The number of hydrogen-bond donors (Lipinski definition) is 1. The zero-order chi connectivity index (χ0) is 15.9. The molecule has 1 aromatic rings. The Bertz CT molecular complexity index is 577. The first-order chi connectivity index (χ1) is 10.4. The normalized spacial score (nSPS) is 25.3. The predicted octanol–water partition coefficient (Wildman–Crippen LogP) is 2.53. The molecule has 4 nitrogen and oxygen atoms in total. The Morgan fingerprint density at radius 2 is 1.77 bits per heavy atom. The molecular formula is C18H23NO3. The molecule has 4 heteroatoms. The van der Waals surface area contributed by atoms with E-state index in [1.54, 1.807) is 4.90 Å². The molecule has 0 aromatic heterocycles. The maximum absolute atomic E-state index is 13.0. The Morgan fingerprint density at radius 3 is 2.32 bits per heavy atom. The van der Waals surface area contributed by atoms with Gasteiger partial charge in [-0.05, 0) is 44.1 Å². The quantitative estimate of drug-likeness (QED) is 0.929. The molecule has 22 heavy (non-hydrogen) atoms. The number of rotatable bonds is 4. The lowest BCUT2D eigenvalue weighted by Gasteiger charge is -2.30. The van der Waals surface area contributed by atoms with Gasteiger partial charge in [0.25, 0.3) is 0 Å². The predicted molar refractivity (Wildman–Crippen MR) is 83.4 cm³/mol. The Labute approximate surface area is 131 Å². The van der Waals surface area contributed by atoms with Gasteiger partial charge in [0.15, 0.2) is 0 Å². The lowest BCUT2D eigenvalue weighted by atomic mass is 9.83. The van der Waals surface area contributed by atoms with E-state index in [1.165, 1.54) is 0 Å². The number of carbonyl (C=O) groups excluding carboxylic acids is 1. The maximum atomic E-state index is 13.0. The van der Waals surface area contributed by atoms with Gasteiger partial charge in [0.2, 0.25) is 5.91 Å². The highest BCUT2D eigenvalue weighted by Crippen LogP contribution is 2.44. The third-order valence-corrected chi connectivity index (χ3v) is 5.23. The van der Waals surface area contributed by atoms with Crippen molar-refractivity contribution in [3.05, 3.63) is 35.9 Å². The Morgan fingerprint density at radius 1 is 1.14 bits per heavy atom. The van der Waals surface area contributed by atoms with Gasteiger partial charge >= 0.3 is 5.97 Å². The number of hydrogen-bond acceptors (Lipinski definition) is 2. The first-order valence-electron chi connectivity index (χ1n) is 7.99. The van der Waals surface area contributed by atoms with Crippen molar-refractivity contribution in [2.45, 2.75) is 32.1 Å². The summed E-state index contributed by atoms with van der Waals surface area (Å²) >= 11 is 0. The van der Waals surface area contributed by atoms with Gasteiger partial charge in [-0.25, -0.2) is 0 Å². The molecule has 0 bridgehead atoms. The molecule has 2 fully saturated rings. The fourth-order valence-electron chi connectivity index (χ4n) is 3.63. The second-order valence-electron chi connectivity index (χ2n) is 7.15. The van der Waals surface area contributed by atoms with Crippen molar-refractivity contribution < 1.29 is 14.7 Å². The Kier molecular flexibility index (Phi) is 3.71. The molecule has 0 radical (unpaired) electrons. The Balaban J connectivity index is 1.79. The molecule has 3 rings (SSSR count). The monoisotopic (exact) mass is 301 g/mol. The summed E-state index contributed by atoms with van der Waals surface area (Å²) in [5.74, 6) is -0.493. The van der Waals surface area contributed by atoms with Crippen molar-refractivity contribution in [1.29, 1.82) is 0 Å². The lowest BCUT2D eigenvalue weighted by molar-refractivity contribution is -0.143. The van der Waals surface area contributed by atoms with Crippen LogP contribution in [0.3, 0.4) is 0 Å². The second kappa shape index (κ2) is 5.41. The summed E-state index contributed by atoms with van der Waals surface area (Å²) in [6, 6.07) is 9.72. The number of carbonyl (C=O) groups is 2. The minimum absolute atomic E-state index is 0.0353. The molecule has 1 amide bonds. The van der Waals surface area contributed by atoms with Crippen LogP contribution in [0.1, 0.15) is 32.3 Å². The first-order valence-corrected chi connectivity index (χ1v) is 7.99. The van der Waals surface area contributed by atoms with E-state index in [2.05, 4.69) is 0 Å². The molecule has 1 saturated carbocycles. The molecule has 1 aliphatic carbocycles. The number of carboxylic acids is 1. The molecule has 1 aliphatic heterocycles. The summed E-state index contributed by atoms with van der Waals surface area (Å²) in [4.78, 5) is 26.2. The van der Waals surface area contributed by atoms with Crippen molar-refractivity contribution in [2.75, 3.05) is 13.1 Å². The van der Waals surface area contributed by atoms with Crippen molar-refractivity contribution >= 4 is 11.9 Å². The topological polar surface area (TPSA) is 57.6 Å². The van der Waals surface area contributed by atoms with Gasteiger partial charge in [-0.3, -0.25) is 9.59 Å². The summed E-state index contributed by atoms with van der Waals surface area (Å²) in [6.45, 7) is 4.79. The standard InChI is InChI=1S/C18H23NO3/c1-18(2,13-6-4-3-5-7-13)17(22)19-10-14(12-8-9-12)15(11-19)16(20)21/h3-7,12,14-15H,8-11H2,1-2H3,(H,20,21)/t14-,15+/m1/s1. The van der Waals surface area contributed by atoms with Crippen LogP contribution >= 0.6 is 0 Å². The van der Waals surface area contributed by atoms with E-state index in [4.69, 9.17) is 0 Å². The number of nitrogens with zero attached hydrogens (tertiary/aromatic N) is 1. The van der Waals surface area contributed by atoms with Crippen LogP contribution in [0.4, 0.5) is 0 Å². The summed E-state index contributed by atoms with van der Waals surface area (Å²) < 4.78 is 0. The molecule has 0 spiro atoms. The van der Waals surface area contributed by atoms with Crippen LogP contribution in [0, 0.1) is 17.8 Å². The zero-order valence-electron chi connectivity index (χ0n) is 13.2. The first kappa shape index (κ1) is 15.1. The van der Waals surface area contributed by atoms with E-state index in [0.717, 1.165) is 18.4 Å². The van der Waals surface area contributed by atoms with E-state index in [-0.39, 0.29) is 11.8 Å². The minimum Gasteiger partial charge on any atom is -0.481 e. The minimum atomic E-state index is -0.760. The molecule has 1 saturated heterocycles. The smallest absolute Gasteiger partial charge is 0.308 e. The lowest BCUT2D eigenvalue weighted by Crippen LogP contribution is -2.42. The highest BCUT2D eigenvalue weighted by molar-refractivity contribution is 5.88. The van der Waals surface area contributed by atoms with E-state index in [9.17, 15) is 14.7 Å². The molecule has 2 aliphatic rings. The molecule has 1 heterocycles. The summed E-state index contributed by atoms with van der Waals surface area (Å²) in [5.41, 5.74) is 0.352. The van der Waals surface area contributed by atoms with Gasteiger partial charge in [-0.2, -0.15) is 0 Å². The van der Waals surface area contributed by atoms with Crippen LogP contribution in [-0.4, -0.2) is 35.0 Å². The van der Waals surface area contributed by atoms with E-state index in [0.29, 0.717) is 19.0 Å². The maximum Gasteiger partial charge on any atom is 0.308 e. The average Bonchev–Trinajstić information content (AvgIpc) is 3.25. The van der Waals surface area contributed by atoms with Crippen LogP contribution in [0.2, 0.25) is 0 Å². The van der Waals surface area contributed by atoms with Gasteiger partial charge in [0, 0.05) is 13.1 Å². The molecule has 2 atom stereocenters. The third-order valence-electron chi connectivity index (χ3n) is 5.23. The molecule has 1 N–H and O–H groups in total. The van der Waals surface area contributed by atoms with E-state index >= 15 is 0 Å². The van der Waals surface area contributed by atoms with Crippen molar-refractivity contribution in [2.24, 2.45) is 17.8 Å². The number of benzene rings is 1.